The number of carbonyl (C=O) groups is 1. The highest BCUT2D eigenvalue weighted by Gasteiger charge is 2.16. The van der Waals surface area contributed by atoms with Crippen molar-refractivity contribution in [3.63, 3.8) is 0 Å². The van der Waals surface area contributed by atoms with Gasteiger partial charge in [0.25, 0.3) is 5.56 Å². The van der Waals surface area contributed by atoms with Gasteiger partial charge < -0.3 is 14.2 Å². The largest absolute Gasteiger partial charge is 0.454 e. The maximum absolute atomic E-state index is 12.3. The van der Waals surface area contributed by atoms with Gasteiger partial charge in [0, 0.05) is 6.07 Å². The number of hydrogen-bond acceptors (Lipinski definition) is 6. The molecule has 1 aliphatic rings. The predicted molar refractivity (Wildman–Crippen MR) is 84.2 cm³/mol. The number of benzene rings is 2. The maximum Gasteiger partial charge on any atom is 0.331 e. The fraction of sp³-hybridized carbons (Fsp3) is 0.118. The van der Waals surface area contributed by atoms with E-state index in [1.165, 1.54) is 10.9 Å². The first-order valence-corrected chi connectivity index (χ1v) is 7.25. The third-order valence-electron chi connectivity index (χ3n) is 3.61. The molecule has 1 aromatic heterocycles. The number of nitrogens with zero attached hydrogens (tertiary/aromatic N) is 2. The van der Waals surface area contributed by atoms with Crippen LogP contribution in [0.4, 0.5) is 0 Å². The number of fused-ring (bicyclic) bond motifs is 2. The lowest BCUT2D eigenvalue weighted by Gasteiger charge is -2.07. The Morgan fingerprint density at radius 3 is 2.92 bits per heavy atom. The molecule has 120 valence electrons. The van der Waals surface area contributed by atoms with Crippen molar-refractivity contribution < 1.29 is 19.0 Å². The number of rotatable bonds is 3. The van der Waals surface area contributed by atoms with E-state index < -0.39 is 5.97 Å². The monoisotopic (exact) mass is 324 g/mol. The van der Waals surface area contributed by atoms with Gasteiger partial charge in [-0.15, -0.1) is 0 Å². The van der Waals surface area contributed by atoms with Crippen LogP contribution >= 0.6 is 0 Å². The highest BCUT2D eigenvalue weighted by Crippen LogP contribution is 2.35. The summed E-state index contributed by atoms with van der Waals surface area (Å²) in [6.45, 7) is -0.0873. The molecule has 0 saturated carbocycles. The van der Waals surface area contributed by atoms with Crippen LogP contribution in [0.15, 0.2) is 53.6 Å². The fourth-order valence-corrected chi connectivity index (χ4v) is 2.46. The minimum Gasteiger partial charge on any atom is -0.454 e. The van der Waals surface area contributed by atoms with Gasteiger partial charge in [0.1, 0.15) is 12.3 Å². The number of aromatic nitrogens is 2. The summed E-state index contributed by atoms with van der Waals surface area (Å²) in [5, 5.41) is 0.455. The van der Waals surface area contributed by atoms with Crippen molar-refractivity contribution in [2.45, 2.75) is 6.54 Å². The fourth-order valence-electron chi connectivity index (χ4n) is 2.46. The van der Waals surface area contributed by atoms with Gasteiger partial charge in [0.2, 0.25) is 6.79 Å². The van der Waals surface area contributed by atoms with Crippen LogP contribution in [0, 0.1) is 0 Å². The van der Waals surface area contributed by atoms with Gasteiger partial charge >= 0.3 is 5.97 Å². The summed E-state index contributed by atoms with van der Waals surface area (Å²) in [4.78, 5) is 28.6. The van der Waals surface area contributed by atoms with Crippen LogP contribution in [-0.2, 0) is 11.3 Å². The Balaban J connectivity index is 1.54. The standard InChI is InChI=1S/C17H12N2O5/c20-16(24-11-5-6-14-15(7-11)23-10-22-14)8-19-9-18-13-4-2-1-3-12(13)17(19)21/h1-7,9H,8,10H2. The van der Waals surface area contributed by atoms with Gasteiger partial charge in [0.15, 0.2) is 11.5 Å². The highest BCUT2D eigenvalue weighted by molar-refractivity contribution is 5.78. The molecule has 0 amide bonds. The zero-order valence-electron chi connectivity index (χ0n) is 12.5. The summed E-state index contributed by atoms with van der Waals surface area (Å²) in [6.07, 6.45) is 1.34. The Labute approximate surface area is 136 Å². The lowest BCUT2D eigenvalue weighted by Crippen LogP contribution is -2.26. The summed E-state index contributed by atoms with van der Waals surface area (Å²) in [7, 11) is 0. The van der Waals surface area contributed by atoms with Gasteiger partial charge in [-0.1, -0.05) is 12.1 Å². The molecule has 7 heteroatoms. The van der Waals surface area contributed by atoms with E-state index in [2.05, 4.69) is 4.98 Å². The lowest BCUT2D eigenvalue weighted by atomic mass is 10.2. The quantitative estimate of drug-likeness (QED) is 0.539. The topological polar surface area (TPSA) is 79.7 Å². The van der Waals surface area contributed by atoms with E-state index in [0.29, 0.717) is 28.2 Å². The molecule has 0 aliphatic carbocycles. The average molecular weight is 324 g/mol. The second-order valence-corrected chi connectivity index (χ2v) is 5.18. The number of carbonyl (C=O) groups excluding carboxylic acids is 1. The zero-order chi connectivity index (χ0) is 16.5. The van der Waals surface area contributed by atoms with Crippen molar-refractivity contribution in [3.05, 3.63) is 59.1 Å². The second-order valence-electron chi connectivity index (χ2n) is 5.18. The highest BCUT2D eigenvalue weighted by atomic mass is 16.7. The lowest BCUT2D eigenvalue weighted by molar-refractivity contribution is -0.135. The molecule has 0 spiro atoms. The number of ether oxygens (including phenoxy) is 3. The van der Waals surface area contributed by atoms with Gasteiger partial charge in [-0.05, 0) is 24.3 Å². The molecule has 0 bridgehead atoms. The normalized spacial score (nSPS) is 12.3. The molecule has 2 heterocycles. The molecule has 24 heavy (non-hydrogen) atoms. The first-order chi connectivity index (χ1) is 11.7. The first kappa shape index (κ1) is 14.3. The van der Waals surface area contributed by atoms with Crippen LogP contribution in [0.2, 0.25) is 0 Å². The molecule has 0 atom stereocenters. The summed E-state index contributed by atoms with van der Waals surface area (Å²) < 4.78 is 16.9. The first-order valence-electron chi connectivity index (χ1n) is 7.25. The molecule has 7 nitrogen and oxygen atoms in total. The van der Waals surface area contributed by atoms with Crippen molar-refractivity contribution in [2.24, 2.45) is 0 Å². The van der Waals surface area contributed by atoms with Gasteiger partial charge in [-0.25, -0.2) is 9.78 Å². The van der Waals surface area contributed by atoms with Crippen molar-refractivity contribution >= 4 is 16.9 Å². The summed E-state index contributed by atoms with van der Waals surface area (Å²) in [6, 6.07) is 11.8. The van der Waals surface area contributed by atoms with Gasteiger partial charge in [-0.3, -0.25) is 9.36 Å². The summed E-state index contributed by atoms with van der Waals surface area (Å²) in [5.41, 5.74) is 0.297. The molecular weight excluding hydrogens is 312 g/mol. The van der Waals surface area contributed by atoms with Crippen molar-refractivity contribution in [1.29, 1.82) is 0 Å². The Morgan fingerprint density at radius 1 is 1.17 bits per heavy atom. The zero-order valence-corrected chi connectivity index (χ0v) is 12.5. The molecule has 0 radical (unpaired) electrons. The third-order valence-corrected chi connectivity index (χ3v) is 3.61. The van der Waals surface area contributed by atoms with Crippen LogP contribution in [0.25, 0.3) is 10.9 Å². The van der Waals surface area contributed by atoms with E-state index in [4.69, 9.17) is 14.2 Å². The maximum atomic E-state index is 12.3. The van der Waals surface area contributed by atoms with Crippen LogP contribution in [-0.4, -0.2) is 22.3 Å². The van der Waals surface area contributed by atoms with Crippen LogP contribution < -0.4 is 19.8 Å². The van der Waals surface area contributed by atoms with E-state index in [9.17, 15) is 9.59 Å². The summed E-state index contributed by atoms with van der Waals surface area (Å²) in [5.74, 6) is 0.869. The third kappa shape index (κ3) is 2.56. The second kappa shape index (κ2) is 5.69. The Hall–Kier alpha value is -3.35. The molecular formula is C17H12N2O5. The SMILES string of the molecule is O=C(Cn1cnc2ccccc2c1=O)Oc1ccc2c(c1)OCO2. The van der Waals surface area contributed by atoms with Crippen molar-refractivity contribution in [2.75, 3.05) is 6.79 Å². The van der Waals surface area contributed by atoms with Gasteiger partial charge in [0.05, 0.1) is 17.2 Å². The van der Waals surface area contributed by atoms with Crippen molar-refractivity contribution in [3.8, 4) is 17.2 Å². The molecule has 1 aliphatic heterocycles. The molecule has 0 fully saturated rings. The van der Waals surface area contributed by atoms with Crippen LogP contribution in [0.1, 0.15) is 0 Å². The molecule has 0 unspecified atom stereocenters. The van der Waals surface area contributed by atoms with Crippen molar-refractivity contribution in [1.82, 2.24) is 9.55 Å². The smallest absolute Gasteiger partial charge is 0.331 e. The number of hydrogen-bond donors (Lipinski definition) is 0. The molecule has 2 aromatic carbocycles. The van der Waals surface area contributed by atoms with E-state index in [-0.39, 0.29) is 18.9 Å². The summed E-state index contributed by atoms with van der Waals surface area (Å²) >= 11 is 0. The molecule has 4 rings (SSSR count). The van der Waals surface area contributed by atoms with E-state index >= 15 is 0 Å². The molecule has 0 N–H and O–H groups in total. The average Bonchev–Trinajstić information content (AvgIpc) is 3.05. The number of esters is 1. The minimum absolute atomic E-state index is 0.144. The Bertz CT molecular complexity index is 996. The predicted octanol–water partition coefficient (Wildman–Crippen LogP) is 1.73. The van der Waals surface area contributed by atoms with E-state index in [1.54, 1.807) is 42.5 Å². The Morgan fingerprint density at radius 2 is 2.00 bits per heavy atom. The minimum atomic E-state index is -0.576. The number of para-hydroxylation sites is 1. The Kier molecular flexibility index (Phi) is 3.38. The molecule has 0 saturated heterocycles. The van der Waals surface area contributed by atoms with Gasteiger partial charge in [-0.2, -0.15) is 0 Å². The van der Waals surface area contributed by atoms with Crippen LogP contribution in [0.3, 0.4) is 0 Å². The van der Waals surface area contributed by atoms with Crippen LogP contribution in [0.5, 0.6) is 17.2 Å². The molecule has 3 aromatic rings. The van der Waals surface area contributed by atoms with E-state index in [1.807, 2.05) is 0 Å². The van der Waals surface area contributed by atoms with E-state index in [0.717, 1.165) is 0 Å².